The van der Waals surface area contributed by atoms with Crippen LogP contribution in [0.25, 0.3) is 10.9 Å². The Morgan fingerprint density at radius 3 is 2.61 bits per heavy atom. The second kappa shape index (κ2) is 8.30. The van der Waals surface area contributed by atoms with E-state index in [0.717, 1.165) is 16.5 Å². The molecule has 0 bridgehead atoms. The zero-order valence-corrected chi connectivity index (χ0v) is 16.8. The van der Waals surface area contributed by atoms with E-state index in [1.165, 1.54) is 0 Å². The molecule has 146 valence electrons. The fourth-order valence-electron chi connectivity index (χ4n) is 3.27. The van der Waals surface area contributed by atoms with Crippen LogP contribution in [-0.2, 0) is 11.3 Å². The Morgan fingerprint density at radius 1 is 1.14 bits per heavy atom. The first kappa shape index (κ1) is 19.7. The SMILES string of the molecule is COc1ccccc1N(Cc1cc2ccc(C)cc2[nH]c1=O)C(=O)CC(C)C. The molecule has 3 aromatic rings. The number of rotatable bonds is 6. The van der Waals surface area contributed by atoms with Gasteiger partial charge in [0.1, 0.15) is 5.75 Å². The number of carbonyl (C=O) groups is 1. The highest BCUT2D eigenvalue weighted by Gasteiger charge is 2.21. The van der Waals surface area contributed by atoms with E-state index in [1.807, 2.05) is 69.3 Å². The highest BCUT2D eigenvalue weighted by Crippen LogP contribution is 2.30. The van der Waals surface area contributed by atoms with Crippen molar-refractivity contribution >= 4 is 22.5 Å². The van der Waals surface area contributed by atoms with Crippen LogP contribution in [-0.4, -0.2) is 18.0 Å². The van der Waals surface area contributed by atoms with E-state index in [4.69, 9.17) is 4.74 Å². The number of nitrogens with one attached hydrogen (secondary N) is 1. The molecule has 5 nitrogen and oxygen atoms in total. The van der Waals surface area contributed by atoms with Gasteiger partial charge >= 0.3 is 0 Å². The molecule has 0 aliphatic rings. The average molecular weight is 378 g/mol. The van der Waals surface area contributed by atoms with Crippen molar-refractivity contribution in [1.29, 1.82) is 0 Å². The lowest BCUT2D eigenvalue weighted by Gasteiger charge is -2.25. The number of H-pyrrole nitrogens is 1. The number of amides is 1. The minimum Gasteiger partial charge on any atom is -0.495 e. The predicted molar refractivity (Wildman–Crippen MR) is 113 cm³/mol. The Bertz CT molecular complexity index is 1050. The van der Waals surface area contributed by atoms with Gasteiger partial charge in [-0.2, -0.15) is 0 Å². The first-order chi connectivity index (χ1) is 13.4. The number of hydrogen-bond acceptors (Lipinski definition) is 3. The summed E-state index contributed by atoms with van der Waals surface area (Å²) < 4.78 is 5.45. The Kier molecular flexibility index (Phi) is 5.83. The summed E-state index contributed by atoms with van der Waals surface area (Å²) in [7, 11) is 1.58. The summed E-state index contributed by atoms with van der Waals surface area (Å²) in [5, 5.41) is 0.941. The zero-order chi connectivity index (χ0) is 20.3. The molecule has 2 aromatic carbocycles. The first-order valence-electron chi connectivity index (χ1n) is 9.45. The van der Waals surface area contributed by atoms with Crippen molar-refractivity contribution in [3.8, 4) is 5.75 Å². The molecule has 1 heterocycles. The van der Waals surface area contributed by atoms with Crippen LogP contribution in [0.4, 0.5) is 5.69 Å². The minimum absolute atomic E-state index is 0.0390. The van der Waals surface area contributed by atoms with Crippen LogP contribution in [0.2, 0.25) is 0 Å². The molecule has 1 amide bonds. The van der Waals surface area contributed by atoms with Gasteiger partial charge in [0.05, 0.1) is 19.3 Å². The van der Waals surface area contributed by atoms with Crippen LogP contribution in [0, 0.1) is 12.8 Å². The third kappa shape index (κ3) is 4.25. The van der Waals surface area contributed by atoms with Crippen molar-refractivity contribution in [3.63, 3.8) is 0 Å². The molecule has 0 saturated carbocycles. The van der Waals surface area contributed by atoms with Gasteiger partial charge in [0.25, 0.3) is 5.56 Å². The number of nitrogens with zero attached hydrogens (tertiary/aromatic N) is 1. The Labute approximate surface area is 165 Å². The molecule has 1 N–H and O–H groups in total. The number of ether oxygens (including phenoxy) is 1. The Balaban J connectivity index is 2.05. The van der Waals surface area contributed by atoms with Gasteiger partial charge in [-0.25, -0.2) is 0 Å². The summed E-state index contributed by atoms with van der Waals surface area (Å²) in [5.41, 5.74) is 2.90. The molecule has 0 unspecified atom stereocenters. The predicted octanol–water partition coefficient (Wildman–Crippen LogP) is 4.42. The maximum absolute atomic E-state index is 13.0. The maximum Gasteiger partial charge on any atom is 0.253 e. The Hall–Kier alpha value is -3.08. The normalized spacial score (nSPS) is 11.0. The topological polar surface area (TPSA) is 62.4 Å². The number of methoxy groups -OCH3 is 1. The van der Waals surface area contributed by atoms with Gasteiger partial charge in [-0.05, 0) is 48.1 Å². The molecule has 0 atom stereocenters. The van der Waals surface area contributed by atoms with Crippen molar-refractivity contribution in [1.82, 2.24) is 4.98 Å². The van der Waals surface area contributed by atoms with Gasteiger partial charge in [0, 0.05) is 17.5 Å². The van der Waals surface area contributed by atoms with E-state index in [2.05, 4.69) is 4.98 Å². The van der Waals surface area contributed by atoms with Crippen LogP contribution in [0.5, 0.6) is 5.75 Å². The molecule has 0 aliphatic heterocycles. The number of pyridine rings is 1. The van der Waals surface area contributed by atoms with E-state index in [9.17, 15) is 9.59 Å². The lowest BCUT2D eigenvalue weighted by Crippen LogP contribution is -2.33. The number of para-hydroxylation sites is 2. The van der Waals surface area contributed by atoms with Gasteiger partial charge in [0.15, 0.2) is 0 Å². The number of benzene rings is 2. The number of anilines is 1. The summed E-state index contributed by atoms with van der Waals surface area (Å²) in [4.78, 5) is 30.3. The van der Waals surface area contributed by atoms with Gasteiger partial charge in [-0.3, -0.25) is 9.59 Å². The van der Waals surface area contributed by atoms with E-state index in [-0.39, 0.29) is 23.9 Å². The van der Waals surface area contributed by atoms with Gasteiger partial charge < -0.3 is 14.6 Å². The number of carbonyl (C=O) groups excluding carboxylic acids is 1. The molecular weight excluding hydrogens is 352 g/mol. The highest BCUT2D eigenvalue weighted by atomic mass is 16.5. The molecule has 0 aliphatic carbocycles. The van der Waals surface area contributed by atoms with E-state index in [1.54, 1.807) is 12.0 Å². The molecule has 5 heteroatoms. The van der Waals surface area contributed by atoms with Crippen LogP contribution >= 0.6 is 0 Å². The standard InChI is InChI=1S/C23H26N2O3/c1-15(2)11-22(26)25(20-7-5-6-8-21(20)28-4)14-18-13-17-10-9-16(3)12-19(17)24-23(18)27/h5-10,12-13,15H,11,14H2,1-4H3,(H,24,27). The largest absolute Gasteiger partial charge is 0.495 e. The summed E-state index contributed by atoms with van der Waals surface area (Å²) in [6.45, 7) is 6.18. The van der Waals surface area contributed by atoms with Crippen molar-refractivity contribution in [2.24, 2.45) is 5.92 Å². The molecule has 0 radical (unpaired) electrons. The average Bonchev–Trinajstić information content (AvgIpc) is 2.65. The van der Waals surface area contributed by atoms with Crippen molar-refractivity contribution in [3.05, 3.63) is 70.0 Å². The Morgan fingerprint density at radius 2 is 1.89 bits per heavy atom. The summed E-state index contributed by atoms with van der Waals surface area (Å²) in [6.07, 6.45) is 0.392. The van der Waals surface area contributed by atoms with Crippen LogP contribution in [0.1, 0.15) is 31.4 Å². The van der Waals surface area contributed by atoms with Crippen molar-refractivity contribution < 1.29 is 9.53 Å². The fraction of sp³-hybridized carbons (Fsp3) is 0.304. The highest BCUT2D eigenvalue weighted by molar-refractivity contribution is 5.95. The van der Waals surface area contributed by atoms with E-state index < -0.39 is 0 Å². The van der Waals surface area contributed by atoms with Crippen LogP contribution < -0.4 is 15.2 Å². The maximum atomic E-state index is 13.0. The van der Waals surface area contributed by atoms with Gasteiger partial charge in [-0.15, -0.1) is 0 Å². The molecule has 0 fully saturated rings. The number of aryl methyl sites for hydroxylation is 1. The third-order valence-electron chi connectivity index (χ3n) is 4.67. The van der Waals surface area contributed by atoms with Crippen molar-refractivity contribution in [2.75, 3.05) is 12.0 Å². The van der Waals surface area contributed by atoms with Crippen molar-refractivity contribution in [2.45, 2.75) is 33.7 Å². The fourth-order valence-corrected chi connectivity index (χ4v) is 3.27. The lowest BCUT2D eigenvalue weighted by atomic mass is 10.1. The number of aromatic amines is 1. The van der Waals surface area contributed by atoms with E-state index >= 15 is 0 Å². The smallest absolute Gasteiger partial charge is 0.253 e. The van der Waals surface area contributed by atoms with Crippen LogP contribution in [0.15, 0.2) is 53.3 Å². The number of aromatic nitrogens is 1. The first-order valence-corrected chi connectivity index (χ1v) is 9.45. The summed E-state index contributed by atoms with van der Waals surface area (Å²) >= 11 is 0. The monoisotopic (exact) mass is 378 g/mol. The molecule has 0 saturated heterocycles. The second-order valence-electron chi connectivity index (χ2n) is 7.46. The quantitative estimate of drug-likeness (QED) is 0.690. The molecule has 3 rings (SSSR count). The van der Waals surface area contributed by atoms with Gasteiger partial charge in [-0.1, -0.05) is 38.1 Å². The molecule has 28 heavy (non-hydrogen) atoms. The zero-order valence-electron chi connectivity index (χ0n) is 16.8. The third-order valence-corrected chi connectivity index (χ3v) is 4.67. The summed E-state index contributed by atoms with van der Waals surface area (Å²) in [5.74, 6) is 0.776. The number of hydrogen-bond donors (Lipinski definition) is 1. The number of fused-ring (bicyclic) bond motifs is 1. The minimum atomic E-state index is -0.185. The molecular formula is C23H26N2O3. The summed E-state index contributed by atoms with van der Waals surface area (Å²) in [6, 6.07) is 15.2. The van der Waals surface area contributed by atoms with Gasteiger partial charge in [0.2, 0.25) is 5.91 Å². The van der Waals surface area contributed by atoms with E-state index in [0.29, 0.717) is 23.4 Å². The molecule has 0 spiro atoms. The second-order valence-corrected chi connectivity index (χ2v) is 7.46. The van der Waals surface area contributed by atoms with Crippen LogP contribution in [0.3, 0.4) is 0 Å². The lowest BCUT2D eigenvalue weighted by molar-refractivity contribution is -0.119. The molecule has 1 aromatic heterocycles.